The first-order valence-corrected chi connectivity index (χ1v) is 6.36. The van der Waals surface area contributed by atoms with Gasteiger partial charge in [0.15, 0.2) is 0 Å². The van der Waals surface area contributed by atoms with Gasteiger partial charge in [-0.2, -0.15) is 0 Å². The molecule has 0 aromatic heterocycles. The first kappa shape index (κ1) is 11.7. The second-order valence-electron chi connectivity index (χ2n) is 5.63. The van der Waals surface area contributed by atoms with Crippen molar-refractivity contribution >= 4 is 0 Å². The third-order valence-corrected chi connectivity index (χ3v) is 4.48. The molecule has 0 saturated heterocycles. The highest BCUT2D eigenvalue weighted by atomic mass is 14.7. The molecule has 2 N–H and O–H groups in total. The molecule has 0 amide bonds. The zero-order valence-corrected chi connectivity index (χ0v) is 10.7. The molecule has 0 bridgehead atoms. The van der Waals surface area contributed by atoms with E-state index in [2.05, 4.69) is 39.0 Å². The third-order valence-electron chi connectivity index (χ3n) is 4.48. The highest BCUT2D eigenvalue weighted by Gasteiger charge is 2.36. The minimum atomic E-state index is 0.204. The van der Waals surface area contributed by atoms with Gasteiger partial charge in [-0.1, -0.05) is 38.0 Å². The molecule has 1 saturated carbocycles. The van der Waals surface area contributed by atoms with E-state index in [0.717, 1.165) is 0 Å². The largest absolute Gasteiger partial charge is 0.323 e. The van der Waals surface area contributed by atoms with Crippen molar-refractivity contribution in [3.63, 3.8) is 0 Å². The van der Waals surface area contributed by atoms with Crippen LogP contribution in [0.5, 0.6) is 0 Å². The molecule has 1 aromatic carbocycles. The average molecular weight is 217 g/mol. The van der Waals surface area contributed by atoms with Gasteiger partial charge in [-0.25, -0.2) is 0 Å². The van der Waals surface area contributed by atoms with Crippen molar-refractivity contribution < 1.29 is 0 Å². The van der Waals surface area contributed by atoms with Crippen molar-refractivity contribution in [2.75, 3.05) is 0 Å². The first-order chi connectivity index (χ1) is 7.54. The summed E-state index contributed by atoms with van der Waals surface area (Å²) in [6.45, 7) is 6.72. The van der Waals surface area contributed by atoms with Gasteiger partial charge in [-0.05, 0) is 48.8 Å². The predicted octanol–water partition coefficient (Wildman–Crippen LogP) is 3.88. The van der Waals surface area contributed by atoms with Gasteiger partial charge in [0.1, 0.15) is 0 Å². The Morgan fingerprint density at radius 3 is 2.44 bits per heavy atom. The molecule has 1 nitrogen and oxygen atoms in total. The lowest BCUT2D eigenvalue weighted by Crippen LogP contribution is -2.30. The normalized spacial score (nSPS) is 21.0. The lowest BCUT2D eigenvalue weighted by molar-refractivity contribution is 0.265. The van der Waals surface area contributed by atoms with E-state index in [1.54, 1.807) is 0 Å². The Morgan fingerprint density at radius 2 is 1.81 bits per heavy atom. The zero-order valence-electron chi connectivity index (χ0n) is 10.7. The Hall–Kier alpha value is -0.820. The summed E-state index contributed by atoms with van der Waals surface area (Å²) in [7, 11) is 0. The Morgan fingerprint density at radius 1 is 1.19 bits per heavy atom. The highest BCUT2D eigenvalue weighted by Crippen LogP contribution is 2.46. The van der Waals surface area contributed by atoms with E-state index >= 15 is 0 Å². The van der Waals surface area contributed by atoms with E-state index in [9.17, 15) is 0 Å². The molecule has 0 radical (unpaired) electrons. The molecule has 1 aliphatic rings. The molecule has 1 aliphatic carbocycles. The standard InChI is InChI=1S/C15H23N/c1-11-7-6-8-13(12(11)2)14(16)15(3)9-4-5-10-15/h6-8,14H,4-5,9-10,16H2,1-3H3. The van der Waals surface area contributed by atoms with Crippen molar-refractivity contribution in [3.05, 3.63) is 34.9 Å². The van der Waals surface area contributed by atoms with Crippen molar-refractivity contribution in [2.45, 2.75) is 52.5 Å². The van der Waals surface area contributed by atoms with Gasteiger partial charge >= 0.3 is 0 Å². The van der Waals surface area contributed by atoms with Crippen LogP contribution in [-0.4, -0.2) is 0 Å². The molecule has 1 fully saturated rings. The van der Waals surface area contributed by atoms with Gasteiger partial charge in [-0.15, -0.1) is 0 Å². The van der Waals surface area contributed by atoms with Crippen LogP contribution in [0.2, 0.25) is 0 Å². The zero-order chi connectivity index (χ0) is 11.8. The molecular weight excluding hydrogens is 194 g/mol. The summed E-state index contributed by atoms with van der Waals surface area (Å²) in [4.78, 5) is 0. The Labute approximate surface area is 99.0 Å². The van der Waals surface area contributed by atoms with Crippen LogP contribution in [0.3, 0.4) is 0 Å². The van der Waals surface area contributed by atoms with E-state index in [-0.39, 0.29) is 6.04 Å². The van der Waals surface area contributed by atoms with Crippen LogP contribution in [0.4, 0.5) is 0 Å². The number of nitrogens with two attached hydrogens (primary N) is 1. The maximum absolute atomic E-state index is 6.50. The van der Waals surface area contributed by atoms with Gasteiger partial charge < -0.3 is 5.73 Å². The molecule has 1 unspecified atom stereocenters. The number of rotatable bonds is 2. The second-order valence-corrected chi connectivity index (χ2v) is 5.63. The van der Waals surface area contributed by atoms with Crippen LogP contribution in [-0.2, 0) is 0 Å². The SMILES string of the molecule is Cc1cccc(C(N)C2(C)CCCC2)c1C. The molecule has 2 rings (SSSR count). The summed E-state index contributed by atoms with van der Waals surface area (Å²) in [5.74, 6) is 0. The topological polar surface area (TPSA) is 26.0 Å². The van der Waals surface area contributed by atoms with E-state index in [4.69, 9.17) is 5.73 Å². The van der Waals surface area contributed by atoms with E-state index in [1.165, 1.54) is 42.4 Å². The Bertz CT molecular complexity index is 375. The second kappa shape index (κ2) is 4.21. The van der Waals surface area contributed by atoms with Crippen molar-refractivity contribution in [2.24, 2.45) is 11.1 Å². The van der Waals surface area contributed by atoms with Crippen LogP contribution in [0.1, 0.15) is 55.3 Å². The van der Waals surface area contributed by atoms with Crippen LogP contribution >= 0.6 is 0 Å². The van der Waals surface area contributed by atoms with Crippen molar-refractivity contribution in [1.29, 1.82) is 0 Å². The average Bonchev–Trinajstić information content (AvgIpc) is 2.70. The fourth-order valence-corrected chi connectivity index (χ4v) is 2.98. The lowest BCUT2D eigenvalue weighted by atomic mass is 9.76. The van der Waals surface area contributed by atoms with Gasteiger partial charge in [0.05, 0.1) is 0 Å². The molecule has 0 heterocycles. The quantitative estimate of drug-likeness (QED) is 0.799. The maximum Gasteiger partial charge on any atom is 0.0352 e. The molecule has 0 spiro atoms. The van der Waals surface area contributed by atoms with E-state index in [1.807, 2.05) is 0 Å². The fourth-order valence-electron chi connectivity index (χ4n) is 2.98. The number of benzene rings is 1. The van der Waals surface area contributed by atoms with Gasteiger partial charge in [0.25, 0.3) is 0 Å². The monoisotopic (exact) mass is 217 g/mol. The molecule has 16 heavy (non-hydrogen) atoms. The van der Waals surface area contributed by atoms with Gasteiger partial charge in [-0.3, -0.25) is 0 Å². The minimum Gasteiger partial charge on any atom is -0.323 e. The summed E-state index contributed by atoms with van der Waals surface area (Å²) in [6, 6.07) is 6.71. The van der Waals surface area contributed by atoms with Crippen LogP contribution < -0.4 is 5.73 Å². The lowest BCUT2D eigenvalue weighted by Gasteiger charge is -2.32. The predicted molar refractivity (Wildman–Crippen MR) is 69.4 cm³/mol. The number of hydrogen-bond acceptors (Lipinski definition) is 1. The number of hydrogen-bond donors (Lipinski definition) is 1. The Kier molecular flexibility index (Phi) is 3.07. The van der Waals surface area contributed by atoms with Crippen LogP contribution in [0.25, 0.3) is 0 Å². The minimum absolute atomic E-state index is 0.204. The molecule has 1 heteroatoms. The van der Waals surface area contributed by atoms with Crippen molar-refractivity contribution in [3.8, 4) is 0 Å². The first-order valence-electron chi connectivity index (χ1n) is 6.36. The molecule has 1 atom stereocenters. The van der Waals surface area contributed by atoms with E-state index in [0.29, 0.717) is 5.41 Å². The fraction of sp³-hybridized carbons (Fsp3) is 0.600. The Balaban J connectivity index is 2.33. The third kappa shape index (κ3) is 1.89. The van der Waals surface area contributed by atoms with Gasteiger partial charge in [0.2, 0.25) is 0 Å². The summed E-state index contributed by atoms with van der Waals surface area (Å²) < 4.78 is 0. The summed E-state index contributed by atoms with van der Waals surface area (Å²) >= 11 is 0. The van der Waals surface area contributed by atoms with E-state index < -0.39 is 0 Å². The molecule has 0 aliphatic heterocycles. The van der Waals surface area contributed by atoms with Crippen LogP contribution in [0.15, 0.2) is 18.2 Å². The highest BCUT2D eigenvalue weighted by molar-refractivity contribution is 5.36. The summed E-state index contributed by atoms with van der Waals surface area (Å²) in [5.41, 5.74) is 10.9. The smallest absolute Gasteiger partial charge is 0.0352 e. The maximum atomic E-state index is 6.50. The molecule has 1 aromatic rings. The summed E-state index contributed by atoms with van der Waals surface area (Å²) in [5, 5.41) is 0. The van der Waals surface area contributed by atoms with Gasteiger partial charge in [0, 0.05) is 6.04 Å². The number of aryl methyl sites for hydroxylation is 1. The van der Waals surface area contributed by atoms with Crippen LogP contribution in [0, 0.1) is 19.3 Å². The van der Waals surface area contributed by atoms with Crippen molar-refractivity contribution in [1.82, 2.24) is 0 Å². The molecule has 88 valence electrons. The summed E-state index contributed by atoms with van der Waals surface area (Å²) in [6.07, 6.45) is 5.24. The molecular formula is C15H23N.